The molecule has 2 aromatic heterocycles. The normalized spacial score (nSPS) is 16.8. The van der Waals surface area contributed by atoms with Gasteiger partial charge in [-0.25, -0.2) is 14.8 Å². The molecule has 1 aliphatic heterocycles. The zero-order valence-electron chi connectivity index (χ0n) is 14.3. The summed E-state index contributed by atoms with van der Waals surface area (Å²) in [6.45, 7) is 2.49. The summed E-state index contributed by atoms with van der Waals surface area (Å²) < 4.78 is 0. The Balaban J connectivity index is 1.33. The van der Waals surface area contributed by atoms with Gasteiger partial charge in [-0.3, -0.25) is 14.7 Å². The van der Waals surface area contributed by atoms with E-state index >= 15 is 0 Å². The summed E-state index contributed by atoms with van der Waals surface area (Å²) in [4.78, 5) is 40.5. The quantitative estimate of drug-likeness (QED) is 0.850. The van der Waals surface area contributed by atoms with Gasteiger partial charge in [0.15, 0.2) is 0 Å². The Kier molecular flexibility index (Phi) is 4.47. The van der Waals surface area contributed by atoms with Gasteiger partial charge in [0.2, 0.25) is 5.95 Å². The van der Waals surface area contributed by atoms with Crippen LogP contribution >= 0.6 is 0 Å². The molecule has 8 nitrogen and oxygen atoms in total. The third kappa shape index (κ3) is 3.63. The third-order valence-electron chi connectivity index (χ3n) is 4.58. The SMILES string of the molecule is O=C(NCc1cnc(N2CCN(CC3CC3)C2=O)nc1)c1cccnc1. The molecular weight excluding hydrogens is 332 g/mol. The van der Waals surface area contributed by atoms with Crippen LogP contribution in [0.15, 0.2) is 36.9 Å². The lowest BCUT2D eigenvalue weighted by molar-refractivity contribution is 0.0950. The van der Waals surface area contributed by atoms with E-state index in [1.54, 1.807) is 35.6 Å². The molecule has 3 heterocycles. The van der Waals surface area contributed by atoms with Crippen molar-refractivity contribution < 1.29 is 9.59 Å². The van der Waals surface area contributed by atoms with Crippen LogP contribution in [0, 0.1) is 5.92 Å². The second-order valence-corrected chi connectivity index (χ2v) is 6.64. The average Bonchev–Trinajstić information content (AvgIpc) is 3.43. The predicted molar refractivity (Wildman–Crippen MR) is 94.5 cm³/mol. The number of amides is 3. The Morgan fingerprint density at radius 2 is 2.00 bits per heavy atom. The predicted octanol–water partition coefficient (Wildman–Crippen LogP) is 1.45. The van der Waals surface area contributed by atoms with Crippen molar-refractivity contribution in [3.8, 4) is 0 Å². The van der Waals surface area contributed by atoms with Crippen LogP contribution in [0.25, 0.3) is 0 Å². The van der Waals surface area contributed by atoms with Gasteiger partial charge in [-0.05, 0) is 30.9 Å². The van der Waals surface area contributed by atoms with Crippen molar-refractivity contribution in [1.82, 2.24) is 25.2 Å². The van der Waals surface area contributed by atoms with Crippen LogP contribution in [0.4, 0.5) is 10.7 Å². The Labute approximate surface area is 151 Å². The second kappa shape index (κ2) is 7.07. The summed E-state index contributed by atoms with van der Waals surface area (Å²) in [5.41, 5.74) is 1.27. The molecule has 1 saturated carbocycles. The van der Waals surface area contributed by atoms with Crippen molar-refractivity contribution >= 4 is 17.9 Å². The first kappa shape index (κ1) is 16.4. The molecule has 0 aromatic carbocycles. The molecular formula is C18H20N6O2. The van der Waals surface area contributed by atoms with Crippen LogP contribution in [0.2, 0.25) is 0 Å². The zero-order valence-corrected chi connectivity index (χ0v) is 14.3. The summed E-state index contributed by atoms with van der Waals surface area (Å²) in [5, 5.41) is 2.80. The molecule has 0 unspecified atom stereocenters. The molecule has 4 rings (SSSR count). The number of aromatic nitrogens is 3. The molecule has 8 heteroatoms. The van der Waals surface area contributed by atoms with Crippen molar-refractivity contribution in [3.05, 3.63) is 48.0 Å². The number of hydrogen-bond acceptors (Lipinski definition) is 5. The topological polar surface area (TPSA) is 91.3 Å². The maximum Gasteiger partial charge on any atom is 0.327 e. The molecule has 0 bridgehead atoms. The number of carbonyl (C=O) groups excluding carboxylic acids is 2. The van der Waals surface area contributed by atoms with Crippen molar-refractivity contribution in [2.45, 2.75) is 19.4 Å². The lowest BCUT2D eigenvalue weighted by Crippen LogP contribution is -2.34. The number of nitrogens with one attached hydrogen (secondary N) is 1. The number of anilines is 1. The number of hydrogen-bond donors (Lipinski definition) is 1. The highest BCUT2D eigenvalue weighted by molar-refractivity contribution is 5.93. The van der Waals surface area contributed by atoms with E-state index in [1.165, 1.54) is 19.0 Å². The first-order valence-electron chi connectivity index (χ1n) is 8.76. The van der Waals surface area contributed by atoms with Gasteiger partial charge in [-0.15, -0.1) is 0 Å². The largest absolute Gasteiger partial charge is 0.348 e. The summed E-state index contributed by atoms with van der Waals surface area (Å²) in [7, 11) is 0. The van der Waals surface area contributed by atoms with E-state index in [0.717, 1.165) is 18.7 Å². The molecule has 0 spiro atoms. The Bertz CT molecular complexity index is 791. The average molecular weight is 352 g/mol. The summed E-state index contributed by atoms with van der Waals surface area (Å²) in [5.74, 6) is 0.883. The molecule has 2 aliphatic rings. The number of urea groups is 1. The number of rotatable bonds is 6. The molecule has 1 N–H and O–H groups in total. The molecule has 1 aliphatic carbocycles. The molecule has 3 amide bonds. The van der Waals surface area contributed by atoms with E-state index in [0.29, 0.717) is 30.5 Å². The van der Waals surface area contributed by atoms with E-state index in [2.05, 4.69) is 20.3 Å². The summed E-state index contributed by atoms with van der Waals surface area (Å²) in [6, 6.07) is 3.40. The van der Waals surface area contributed by atoms with Crippen LogP contribution in [-0.4, -0.2) is 51.4 Å². The smallest absolute Gasteiger partial charge is 0.327 e. The minimum atomic E-state index is -0.201. The van der Waals surface area contributed by atoms with E-state index in [9.17, 15) is 9.59 Å². The molecule has 134 valence electrons. The molecule has 0 atom stereocenters. The van der Waals surface area contributed by atoms with Crippen molar-refractivity contribution in [3.63, 3.8) is 0 Å². The van der Waals surface area contributed by atoms with Gasteiger partial charge < -0.3 is 10.2 Å². The first-order valence-corrected chi connectivity index (χ1v) is 8.76. The summed E-state index contributed by atoms with van der Waals surface area (Å²) >= 11 is 0. The van der Waals surface area contributed by atoms with Crippen LogP contribution in [0.3, 0.4) is 0 Å². The Morgan fingerprint density at radius 3 is 2.69 bits per heavy atom. The van der Waals surface area contributed by atoms with E-state index < -0.39 is 0 Å². The highest BCUT2D eigenvalue weighted by atomic mass is 16.2. The van der Waals surface area contributed by atoms with E-state index in [-0.39, 0.29) is 11.9 Å². The molecule has 2 aromatic rings. The Morgan fingerprint density at radius 1 is 1.19 bits per heavy atom. The highest BCUT2D eigenvalue weighted by Gasteiger charge is 2.35. The Hall–Kier alpha value is -3.03. The fourth-order valence-corrected chi connectivity index (χ4v) is 2.91. The standard InChI is InChI=1S/C18H20N6O2/c25-16(15-2-1-5-19-11-15)20-8-14-9-21-17(22-10-14)24-7-6-23(18(24)26)12-13-3-4-13/h1-2,5,9-11,13H,3-4,6-8,12H2,(H,20,25). The molecule has 1 saturated heterocycles. The second-order valence-electron chi connectivity index (χ2n) is 6.64. The minimum Gasteiger partial charge on any atom is -0.348 e. The van der Waals surface area contributed by atoms with Crippen molar-refractivity contribution in [2.75, 3.05) is 24.5 Å². The van der Waals surface area contributed by atoms with Gasteiger partial charge in [-0.1, -0.05) is 0 Å². The third-order valence-corrected chi connectivity index (χ3v) is 4.58. The van der Waals surface area contributed by atoms with Gasteiger partial charge in [0.05, 0.1) is 5.56 Å². The highest BCUT2D eigenvalue weighted by Crippen LogP contribution is 2.31. The van der Waals surface area contributed by atoms with Crippen LogP contribution in [0.5, 0.6) is 0 Å². The van der Waals surface area contributed by atoms with Gasteiger partial charge in [0.1, 0.15) is 0 Å². The summed E-state index contributed by atoms with van der Waals surface area (Å²) in [6.07, 6.45) is 8.86. The fraction of sp³-hybridized carbons (Fsp3) is 0.389. The monoisotopic (exact) mass is 352 g/mol. The molecule has 0 radical (unpaired) electrons. The van der Waals surface area contributed by atoms with Gasteiger partial charge in [0, 0.05) is 56.5 Å². The lowest BCUT2D eigenvalue weighted by Gasteiger charge is -2.17. The minimum absolute atomic E-state index is 0.0190. The number of pyridine rings is 1. The lowest BCUT2D eigenvalue weighted by atomic mass is 10.2. The van der Waals surface area contributed by atoms with E-state index in [1.807, 2.05) is 4.90 Å². The first-order chi connectivity index (χ1) is 12.7. The molecule has 2 fully saturated rings. The van der Waals surface area contributed by atoms with Crippen LogP contribution in [-0.2, 0) is 6.54 Å². The fourth-order valence-electron chi connectivity index (χ4n) is 2.91. The van der Waals surface area contributed by atoms with Crippen molar-refractivity contribution in [1.29, 1.82) is 0 Å². The van der Waals surface area contributed by atoms with Crippen LogP contribution in [0.1, 0.15) is 28.8 Å². The van der Waals surface area contributed by atoms with Gasteiger partial charge in [-0.2, -0.15) is 0 Å². The van der Waals surface area contributed by atoms with E-state index in [4.69, 9.17) is 0 Å². The number of nitrogens with zero attached hydrogens (tertiary/aromatic N) is 5. The van der Waals surface area contributed by atoms with Gasteiger partial charge >= 0.3 is 6.03 Å². The zero-order chi connectivity index (χ0) is 17.9. The molecule has 26 heavy (non-hydrogen) atoms. The van der Waals surface area contributed by atoms with Crippen LogP contribution < -0.4 is 10.2 Å². The van der Waals surface area contributed by atoms with Crippen molar-refractivity contribution in [2.24, 2.45) is 5.92 Å². The maximum absolute atomic E-state index is 12.4. The maximum atomic E-state index is 12.4. The van der Waals surface area contributed by atoms with Gasteiger partial charge in [0.25, 0.3) is 5.91 Å². The number of carbonyl (C=O) groups is 2.